The number of thioether (sulfide) groups is 1. The fraction of sp³-hybridized carbons (Fsp3) is 0.333. The molecule has 5 nitrogen and oxygen atoms in total. The third-order valence-corrected chi connectivity index (χ3v) is 5.42. The molecule has 0 aromatic heterocycles. The highest BCUT2D eigenvalue weighted by Gasteiger charge is 2.20. The number of carbonyl (C=O) groups is 2. The third-order valence-electron chi connectivity index (χ3n) is 4.68. The molecule has 6 heteroatoms. The molecule has 0 aliphatic carbocycles. The summed E-state index contributed by atoms with van der Waals surface area (Å²) in [6.45, 7) is 2.15. The van der Waals surface area contributed by atoms with E-state index in [-0.39, 0.29) is 11.9 Å². The van der Waals surface area contributed by atoms with Gasteiger partial charge in [0.1, 0.15) is 0 Å². The molecule has 1 N–H and O–H groups in total. The van der Waals surface area contributed by atoms with Crippen molar-refractivity contribution >= 4 is 29.4 Å². The number of nitrogens with one attached hydrogen (secondary N) is 1. The number of anilines is 1. The second kappa shape index (κ2) is 8.95. The van der Waals surface area contributed by atoms with Gasteiger partial charge in [0.2, 0.25) is 0 Å². The summed E-state index contributed by atoms with van der Waals surface area (Å²) in [5.74, 6) is 0.0332. The second-order valence-corrected chi connectivity index (χ2v) is 7.59. The van der Waals surface area contributed by atoms with Crippen LogP contribution in [-0.4, -0.2) is 48.1 Å². The van der Waals surface area contributed by atoms with Gasteiger partial charge in [-0.15, -0.1) is 11.8 Å². The maximum Gasteiger partial charge on any atom is 0.321 e. The average Bonchev–Trinajstić information content (AvgIpc) is 3.23. The molecule has 27 heavy (non-hydrogen) atoms. The molecule has 0 unspecified atom stereocenters. The molecule has 1 saturated heterocycles. The van der Waals surface area contributed by atoms with Crippen molar-refractivity contribution in [2.45, 2.75) is 24.3 Å². The SMILES string of the molecule is CSc1ccc(CN(C)C(=O)Nc2cccc(C(=O)N3CCCC3)c2)cc1. The quantitative estimate of drug-likeness (QED) is 0.783. The highest BCUT2D eigenvalue weighted by atomic mass is 32.2. The summed E-state index contributed by atoms with van der Waals surface area (Å²) in [7, 11) is 1.76. The van der Waals surface area contributed by atoms with Crippen LogP contribution in [0.15, 0.2) is 53.4 Å². The molecule has 0 bridgehead atoms. The number of nitrogens with zero attached hydrogens (tertiary/aromatic N) is 2. The van der Waals surface area contributed by atoms with Crippen molar-refractivity contribution in [1.82, 2.24) is 9.80 Å². The normalized spacial score (nSPS) is 13.5. The predicted molar refractivity (Wildman–Crippen MR) is 110 cm³/mol. The summed E-state index contributed by atoms with van der Waals surface area (Å²) in [5, 5.41) is 2.88. The summed E-state index contributed by atoms with van der Waals surface area (Å²) in [6, 6.07) is 15.1. The Morgan fingerprint density at radius 3 is 2.48 bits per heavy atom. The number of likely N-dealkylation sites (tertiary alicyclic amines) is 1. The highest BCUT2D eigenvalue weighted by molar-refractivity contribution is 7.98. The molecule has 1 heterocycles. The van der Waals surface area contributed by atoms with Gasteiger partial charge in [-0.1, -0.05) is 18.2 Å². The molecule has 3 rings (SSSR count). The summed E-state index contributed by atoms with van der Waals surface area (Å²) in [4.78, 5) is 29.7. The molecular formula is C21H25N3O2S. The Bertz CT molecular complexity index is 801. The fourth-order valence-corrected chi connectivity index (χ4v) is 3.54. The highest BCUT2D eigenvalue weighted by Crippen LogP contribution is 2.18. The van der Waals surface area contributed by atoms with E-state index in [0.717, 1.165) is 31.5 Å². The summed E-state index contributed by atoms with van der Waals surface area (Å²) in [6.07, 6.45) is 4.16. The first-order chi connectivity index (χ1) is 13.1. The van der Waals surface area contributed by atoms with Crippen LogP contribution < -0.4 is 5.32 Å². The molecule has 0 spiro atoms. The Morgan fingerprint density at radius 1 is 1.11 bits per heavy atom. The summed E-state index contributed by atoms with van der Waals surface area (Å²) >= 11 is 1.69. The topological polar surface area (TPSA) is 52.7 Å². The number of hydrogen-bond acceptors (Lipinski definition) is 3. The van der Waals surface area contributed by atoms with E-state index in [9.17, 15) is 9.59 Å². The van der Waals surface area contributed by atoms with Crippen molar-refractivity contribution in [3.8, 4) is 0 Å². The minimum atomic E-state index is -0.199. The van der Waals surface area contributed by atoms with Gasteiger partial charge in [0.25, 0.3) is 5.91 Å². The van der Waals surface area contributed by atoms with Crippen molar-refractivity contribution in [3.63, 3.8) is 0 Å². The van der Waals surface area contributed by atoms with Crippen LogP contribution in [0.4, 0.5) is 10.5 Å². The number of hydrogen-bond donors (Lipinski definition) is 1. The van der Waals surface area contributed by atoms with Gasteiger partial charge in [0.15, 0.2) is 0 Å². The van der Waals surface area contributed by atoms with E-state index in [1.54, 1.807) is 48.0 Å². The standard InChI is InChI=1S/C21H25N3O2S/c1-23(15-16-8-10-19(27-2)11-9-16)21(26)22-18-7-5-6-17(14-18)20(25)24-12-3-4-13-24/h5-11,14H,3-4,12-13,15H2,1-2H3,(H,22,26). The van der Waals surface area contributed by atoms with Crippen molar-refractivity contribution in [2.75, 3.05) is 31.7 Å². The molecule has 0 radical (unpaired) electrons. The second-order valence-electron chi connectivity index (χ2n) is 6.71. The molecule has 0 saturated carbocycles. The molecule has 2 aromatic carbocycles. The molecule has 1 aliphatic rings. The lowest BCUT2D eigenvalue weighted by Crippen LogP contribution is -2.31. The number of rotatable bonds is 5. The van der Waals surface area contributed by atoms with E-state index in [0.29, 0.717) is 17.8 Å². The number of carbonyl (C=O) groups excluding carboxylic acids is 2. The van der Waals surface area contributed by atoms with Gasteiger partial charge in [-0.2, -0.15) is 0 Å². The fourth-order valence-electron chi connectivity index (χ4n) is 3.13. The number of urea groups is 1. The zero-order valence-electron chi connectivity index (χ0n) is 15.8. The maximum atomic E-state index is 12.5. The summed E-state index contributed by atoms with van der Waals surface area (Å²) in [5.41, 5.74) is 2.32. The third kappa shape index (κ3) is 5.04. The van der Waals surface area contributed by atoms with Gasteiger partial charge in [-0.25, -0.2) is 4.79 Å². The Morgan fingerprint density at radius 2 is 1.81 bits per heavy atom. The molecule has 3 amide bonds. The van der Waals surface area contributed by atoms with Crippen molar-refractivity contribution in [1.29, 1.82) is 0 Å². The van der Waals surface area contributed by atoms with Crippen LogP contribution in [0.5, 0.6) is 0 Å². The van der Waals surface area contributed by atoms with Crippen LogP contribution in [0.3, 0.4) is 0 Å². The monoisotopic (exact) mass is 383 g/mol. The molecule has 142 valence electrons. The van der Waals surface area contributed by atoms with Gasteiger partial charge in [-0.05, 0) is 55.0 Å². The Hall–Kier alpha value is -2.47. The zero-order chi connectivity index (χ0) is 19.2. The van der Waals surface area contributed by atoms with Crippen LogP contribution in [0.25, 0.3) is 0 Å². The van der Waals surface area contributed by atoms with Crippen molar-refractivity contribution < 1.29 is 9.59 Å². The van der Waals surface area contributed by atoms with E-state index in [4.69, 9.17) is 0 Å². The molecule has 2 aromatic rings. The van der Waals surface area contributed by atoms with E-state index in [2.05, 4.69) is 17.4 Å². The summed E-state index contributed by atoms with van der Waals surface area (Å²) < 4.78 is 0. The minimum absolute atomic E-state index is 0.0332. The van der Waals surface area contributed by atoms with E-state index < -0.39 is 0 Å². The minimum Gasteiger partial charge on any atom is -0.339 e. The lowest BCUT2D eigenvalue weighted by atomic mass is 10.1. The lowest BCUT2D eigenvalue weighted by Gasteiger charge is -2.19. The molecular weight excluding hydrogens is 358 g/mol. The molecule has 0 atom stereocenters. The number of amides is 3. The van der Waals surface area contributed by atoms with Gasteiger partial charge in [0, 0.05) is 42.8 Å². The van der Waals surface area contributed by atoms with Crippen molar-refractivity contribution in [3.05, 3.63) is 59.7 Å². The van der Waals surface area contributed by atoms with E-state index in [1.165, 1.54) is 4.90 Å². The molecule has 1 fully saturated rings. The largest absolute Gasteiger partial charge is 0.339 e. The van der Waals surface area contributed by atoms with Crippen LogP contribution in [-0.2, 0) is 6.54 Å². The van der Waals surface area contributed by atoms with Gasteiger partial charge >= 0.3 is 6.03 Å². The van der Waals surface area contributed by atoms with Crippen LogP contribution >= 0.6 is 11.8 Å². The van der Waals surface area contributed by atoms with Crippen LogP contribution in [0.2, 0.25) is 0 Å². The van der Waals surface area contributed by atoms with Crippen LogP contribution in [0, 0.1) is 0 Å². The van der Waals surface area contributed by atoms with Gasteiger partial charge < -0.3 is 15.1 Å². The average molecular weight is 384 g/mol. The Balaban J connectivity index is 1.60. The first kappa shape index (κ1) is 19.3. The van der Waals surface area contributed by atoms with Crippen molar-refractivity contribution in [2.24, 2.45) is 0 Å². The Labute approximate surface area is 164 Å². The van der Waals surface area contributed by atoms with Crippen LogP contribution in [0.1, 0.15) is 28.8 Å². The molecule has 1 aliphatic heterocycles. The maximum absolute atomic E-state index is 12.5. The van der Waals surface area contributed by atoms with Gasteiger partial charge in [-0.3, -0.25) is 4.79 Å². The number of benzene rings is 2. The Kier molecular flexibility index (Phi) is 6.40. The smallest absolute Gasteiger partial charge is 0.321 e. The first-order valence-corrected chi connectivity index (χ1v) is 10.3. The zero-order valence-corrected chi connectivity index (χ0v) is 16.6. The van der Waals surface area contributed by atoms with E-state index >= 15 is 0 Å². The first-order valence-electron chi connectivity index (χ1n) is 9.11. The lowest BCUT2D eigenvalue weighted by molar-refractivity contribution is 0.0793. The predicted octanol–water partition coefficient (Wildman–Crippen LogP) is 4.31. The van der Waals surface area contributed by atoms with E-state index in [1.807, 2.05) is 23.3 Å². The van der Waals surface area contributed by atoms with Gasteiger partial charge in [0.05, 0.1) is 0 Å².